The third-order valence-corrected chi connectivity index (χ3v) is 11.0. The van der Waals surface area contributed by atoms with Crippen LogP contribution in [0, 0.1) is 0 Å². The zero-order valence-corrected chi connectivity index (χ0v) is 30.1. The molecule has 4 aromatic rings. The molecule has 54 heavy (non-hydrogen) atoms. The lowest BCUT2D eigenvalue weighted by Crippen LogP contribution is -2.35. The summed E-state index contributed by atoms with van der Waals surface area (Å²) in [5, 5.41) is 11.5. The molecule has 3 aliphatic heterocycles. The van der Waals surface area contributed by atoms with Crippen LogP contribution in [0.25, 0.3) is 22.3 Å². The number of nitrogens with two attached hydrogens (primary N) is 2. The van der Waals surface area contributed by atoms with E-state index in [0.717, 1.165) is 24.3 Å². The highest BCUT2D eigenvalue weighted by atomic mass is 31.2. The second-order valence-corrected chi connectivity index (χ2v) is 15.4. The minimum Gasteiger partial charge on any atom is -0.432 e. The molecule has 3 fully saturated rings. The maximum atomic E-state index is 16.4. The van der Waals surface area contributed by atoms with E-state index in [-0.39, 0.29) is 34.1 Å². The molecule has 0 aromatic carbocycles. The van der Waals surface area contributed by atoms with Gasteiger partial charge in [0, 0.05) is 7.11 Å². The van der Waals surface area contributed by atoms with Crippen molar-refractivity contribution < 1.29 is 69.5 Å². The lowest BCUT2D eigenvalue weighted by atomic mass is 10.1. The van der Waals surface area contributed by atoms with Crippen molar-refractivity contribution in [1.29, 1.82) is 0 Å². The summed E-state index contributed by atoms with van der Waals surface area (Å²) in [6.07, 6.45) is -12.1. The number of aliphatic hydroxyl groups is 1. The Morgan fingerprint density at radius 3 is 2.41 bits per heavy atom. The van der Waals surface area contributed by atoms with Crippen LogP contribution in [-0.2, 0) is 55.2 Å². The number of carbonyl (C=O) groups is 1. The van der Waals surface area contributed by atoms with Crippen molar-refractivity contribution in [1.82, 2.24) is 39.0 Å². The Hall–Kier alpha value is -4.20. The van der Waals surface area contributed by atoms with Crippen molar-refractivity contribution in [3.63, 3.8) is 0 Å². The number of phosphoric acid groups is 2. The van der Waals surface area contributed by atoms with E-state index in [1.807, 2.05) is 0 Å². The van der Waals surface area contributed by atoms with E-state index in [0.29, 0.717) is 0 Å². The fourth-order valence-corrected chi connectivity index (χ4v) is 8.14. The number of fused-ring (bicyclic) bond motifs is 5. The quantitative estimate of drug-likeness (QED) is 0.114. The van der Waals surface area contributed by atoms with Gasteiger partial charge in [0.1, 0.15) is 42.4 Å². The number of phosphoric ester groups is 2. The predicted molar refractivity (Wildman–Crippen MR) is 174 cm³/mol. The second-order valence-electron chi connectivity index (χ2n) is 12.0. The van der Waals surface area contributed by atoms with E-state index in [2.05, 4.69) is 29.9 Å². The molecule has 7 heterocycles. The average molecular weight is 807 g/mol. The van der Waals surface area contributed by atoms with Crippen molar-refractivity contribution in [2.45, 2.75) is 69.1 Å². The Kier molecular flexibility index (Phi) is 10.4. The first-order valence-corrected chi connectivity index (χ1v) is 18.8. The lowest BCUT2D eigenvalue weighted by molar-refractivity contribution is -0.0775. The molecule has 6 N–H and O–H groups in total. The van der Waals surface area contributed by atoms with Crippen LogP contribution < -0.4 is 17.0 Å². The van der Waals surface area contributed by atoms with Crippen molar-refractivity contribution in [2.75, 3.05) is 38.6 Å². The summed E-state index contributed by atoms with van der Waals surface area (Å²) in [6, 6.07) is 0. The number of hydrogen-bond donors (Lipinski definition) is 4. The molecule has 28 heteroatoms. The van der Waals surface area contributed by atoms with Gasteiger partial charge in [0.25, 0.3) is 5.56 Å². The minimum absolute atomic E-state index is 0.00612. The normalized spacial score (nSPS) is 33.3. The third-order valence-electron chi connectivity index (χ3n) is 8.20. The van der Waals surface area contributed by atoms with Gasteiger partial charge in [0.15, 0.2) is 41.3 Å². The first-order chi connectivity index (χ1) is 25.7. The van der Waals surface area contributed by atoms with Crippen LogP contribution in [0.3, 0.4) is 0 Å². The van der Waals surface area contributed by atoms with Crippen molar-refractivity contribution >= 4 is 55.9 Å². The van der Waals surface area contributed by atoms with Gasteiger partial charge in [-0.15, -0.1) is 0 Å². The van der Waals surface area contributed by atoms with Gasteiger partial charge in [0.2, 0.25) is 12.7 Å². The van der Waals surface area contributed by atoms with Gasteiger partial charge in [-0.2, -0.15) is 4.98 Å². The van der Waals surface area contributed by atoms with Gasteiger partial charge in [-0.05, 0) is 13.8 Å². The third kappa shape index (κ3) is 7.29. The molecule has 0 spiro atoms. The molecular formula is C26H33FN10O15P2. The summed E-state index contributed by atoms with van der Waals surface area (Å²) in [7, 11) is -8.85. The van der Waals surface area contributed by atoms with Crippen LogP contribution in [0.5, 0.6) is 0 Å². The number of nitrogen functional groups attached to an aromatic ring is 2. The molecule has 0 radical (unpaired) electrons. The van der Waals surface area contributed by atoms with Gasteiger partial charge in [-0.1, -0.05) is 0 Å². The number of nitrogens with zero attached hydrogens (tertiary/aromatic N) is 7. The van der Waals surface area contributed by atoms with Crippen molar-refractivity contribution in [3.05, 3.63) is 29.3 Å². The van der Waals surface area contributed by atoms with Gasteiger partial charge in [-0.3, -0.25) is 41.5 Å². The minimum atomic E-state index is -5.08. The van der Waals surface area contributed by atoms with Crippen molar-refractivity contribution in [3.8, 4) is 0 Å². The number of aromatic nitrogens is 8. The Bertz CT molecular complexity index is 2190. The Labute approximate surface area is 301 Å². The maximum absolute atomic E-state index is 16.4. The first kappa shape index (κ1) is 38.1. The molecule has 0 amide bonds. The molecule has 25 nitrogen and oxygen atoms in total. The highest BCUT2D eigenvalue weighted by Crippen LogP contribution is 2.57. The van der Waals surface area contributed by atoms with Crippen LogP contribution in [0.15, 0.2) is 23.8 Å². The van der Waals surface area contributed by atoms with E-state index >= 15 is 4.39 Å². The topological polar surface area (TPSA) is 323 Å². The number of carbonyl (C=O) groups excluding carboxylic acids is 1. The van der Waals surface area contributed by atoms with Crippen LogP contribution in [0.1, 0.15) is 26.3 Å². The summed E-state index contributed by atoms with van der Waals surface area (Å²) in [5.74, 6) is -0.308. The number of H-pyrrole nitrogens is 1. The van der Waals surface area contributed by atoms with Gasteiger partial charge >= 0.3 is 21.8 Å². The number of nitrogens with one attached hydrogen (secondary N) is 1. The smallest absolute Gasteiger partial charge is 0.432 e. The summed E-state index contributed by atoms with van der Waals surface area (Å²) < 4.78 is 102. The monoisotopic (exact) mass is 806 g/mol. The number of aliphatic hydroxyl groups excluding tert-OH is 1. The number of imidazole rings is 2. The van der Waals surface area contributed by atoms with Crippen molar-refractivity contribution in [2.24, 2.45) is 0 Å². The number of anilines is 2. The lowest BCUT2D eigenvalue weighted by Gasteiger charge is -2.27. The molecule has 7 rings (SSSR count). The highest BCUT2D eigenvalue weighted by molar-refractivity contribution is 7.48. The second kappa shape index (κ2) is 14.8. The number of hydrogen-bond acceptors (Lipinski definition) is 22. The van der Waals surface area contributed by atoms with Crippen LogP contribution in [0.2, 0.25) is 0 Å². The van der Waals surface area contributed by atoms with Gasteiger partial charge in [0.05, 0.1) is 32.0 Å². The fourth-order valence-electron chi connectivity index (χ4n) is 5.77. The molecule has 3 aliphatic rings. The summed E-state index contributed by atoms with van der Waals surface area (Å²) in [4.78, 5) is 47.1. The van der Waals surface area contributed by atoms with Crippen LogP contribution in [0.4, 0.5) is 21.0 Å². The molecule has 10 atom stereocenters. The molecular weight excluding hydrogens is 773 g/mol. The molecule has 294 valence electrons. The van der Waals surface area contributed by atoms with Gasteiger partial charge < -0.3 is 35.5 Å². The summed E-state index contributed by atoms with van der Waals surface area (Å²) in [6.45, 7) is 0.370. The van der Waals surface area contributed by atoms with E-state index < -0.39 is 103 Å². The summed E-state index contributed by atoms with van der Waals surface area (Å²) in [5.41, 5.74) is 10.8. The van der Waals surface area contributed by atoms with E-state index in [1.54, 1.807) is 13.8 Å². The zero-order chi connectivity index (χ0) is 38.5. The standard InChI is InChI=1S/C26H33FN10O15P2/c1-10(2)48-26(40)44-9-47-54(42)46-5-12-17(13(27)23(50-12)36-7-32-14-19(28)30-6-31-20(14)36)51-53(41,43-3)45-4-11-16(38)18(52-54)24(49-11)37-8-33-15-21(37)34-25(29)35-22(15)39/h6-8,10-13,16-18,23-24,38H,4-5,9H2,1-3H3,(H2,28,30,31)(H3,29,34,35,39)/t11?,12?,13?,16?,17?,18?,23?,24-,53?,54?/m1/s1. The number of alkyl halides is 1. The fraction of sp³-hybridized carbons (Fsp3) is 0.577. The summed E-state index contributed by atoms with van der Waals surface area (Å²) >= 11 is 0. The van der Waals surface area contributed by atoms with Gasteiger partial charge in [-0.25, -0.2) is 42.8 Å². The highest BCUT2D eigenvalue weighted by Gasteiger charge is 2.55. The zero-order valence-electron chi connectivity index (χ0n) is 28.3. The molecule has 2 bridgehead atoms. The number of rotatable bonds is 7. The van der Waals surface area contributed by atoms with E-state index in [4.69, 9.17) is 57.6 Å². The largest absolute Gasteiger partial charge is 0.510 e. The van der Waals surface area contributed by atoms with Crippen LogP contribution >= 0.6 is 15.6 Å². The SMILES string of the molecule is COP1(=O)OCC2O[C@@H](n3cnc4c(=O)[nH]c(N)nc43)C(OP(=O)(OCOC(=O)OC(C)C)OCC3OC(n4cnc5c(N)ncnc54)C(F)C3O1)C2O. The molecule has 4 aromatic heterocycles. The molecule has 0 saturated carbocycles. The molecule has 0 aliphatic carbocycles. The Balaban J connectivity index is 1.25. The molecule has 9 unspecified atom stereocenters. The van der Waals surface area contributed by atoms with E-state index in [1.165, 1.54) is 10.9 Å². The predicted octanol–water partition coefficient (Wildman–Crippen LogP) is 0.833. The van der Waals surface area contributed by atoms with E-state index in [9.17, 15) is 23.8 Å². The number of ether oxygens (including phenoxy) is 4. The Morgan fingerprint density at radius 1 is 1.00 bits per heavy atom. The Morgan fingerprint density at radius 2 is 1.67 bits per heavy atom. The average Bonchev–Trinajstić information content (AvgIpc) is 3.88. The maximum Gasteiger partial charge on any atom is 0.510 e. The number of halogens is 1. The first-order valence-electron chi connectivity index (χ1n) is 15.9. The van der Waals surface area contributed by atoms with Crippen LogP contribution in [-0.4, -0.2) is 120 Å². The number of aromatic amines is 1. The molecule has 3 saturated heterocycles.